The second-order valence-corrected chi connectivity index (χ2v) is 3.28. The molecule has 0 aromatic heterocycles. The van der Waals surface area contributed by atoms with Crippen LogP contribution in [0.5, 0.6) is 0 Å². The van der Waals surface area contributed by atoms with Gasteiger partial charge < -0.3 is 5.73 Å². The van der Waals surface area contributed by atoms with Gasteiger partial charge in [0.25, 0.3) is 5.69 Å². The molecule has 1 rings (SSSR count). The van der Waals surface area contributed by atoms with Crippen molar-refractivity contribution in [1.82, 2.24) is 0 Å². The van der Waals surface area contributed by atoms with Gasteiger partial charge in [0, 0.05) is 18.2 Å². The van der Waals surface area contributed by atoms with Crippen LogP contribution in [0.3, 0.4) is 0 Å². The summed E-state index contributed by atoms with van der Waals surface area (Å²) >= 11 is 0. The summed E-state index contributed by atoms with van der Waals surface area (Å²) in [5.74, 6) is 0. The number of non-ortho nitro benzene ring substituents is 1. The lowest BCUT2D eigenvalue weighted by atomic mass is 9.99. The number of hydrogen-bond acceptors (Lipinski definition) is 3. The van der Waals surface area contributed by atoms with Crippen LogP contribution < -0.4 is 5.73 Å². The van der Waals surface area contributed by atoms with Gasteiger partial charge in [0.1, 0.15) is 0 Å². The highest BCUT2D eigenvalue weighted by atomic mass is 16.6. The summed E-state index contributed by atoms with van der Waals surface area (Å²) in [6, 6.07) is 4.69. The number of rotatable bonds is 3. The second kappa shape index (κ2) is 4.19. The minimum atomic E-state index is -0.397. The van der Waals surface area contributed by atoms with E-state index in [0.717, 1.165) is 17.5 Å². The smallest absolute Gasteiger partial charge is 0.269 e. The van der Waals surface area contributed by atoms with E-state index in [4.69, 9.17) is 5.73 Å². The molecule has 0 spiro atoms. The van der Waals surface area contributed by atoms with E-state index in [1.54, 1.807) is 12.1 Å². The summed E-state index contributed by atoms with van der Waals surface area (Å²) in [6.07, 6.45) is 0.842. The molecule has 0 radical (unpaired) electrons. The SMILES string of the molecule is CCc1ccc([N+](=O)[O-])cc1C(C)N. The molecular formula is C10H14N2O2. The van der Waals surface area contributed by atoms with Crippen LogP contribution in [0.1, 0.15) is 31.0 Å². The second-order valence-electron chi connectivity index (χ2n) is 3.28. The highest BCUT2D eigenvalue weighted by Crippen LogP contribution is 2.22. The Morgan fingerprint density at radius 2 is 2.21 bits per heavy atom. The number of nitro groups is 1. The van der Waals surface area contributed by atoms with Gasteiger partial charge >= 0.3 is 0 Å². The number of nitrogens with zero attached hydrogens (tertiary/aromatic N) is 1. The lowest BCUT2D eigenvalue weighted by molar-refractivity contribution is -0.384. The van der Waals surface area contributed by atoms with Crippen LogP contribution >= 0.6 is 0 Å². The van der Waals surface area contributed by atoms with Crippen LogP contribution in [0.4, 0.5) is 5.69 Å². The topological polar surface area (TPSA) is 69.2 Å². The predicted octanol–water partition coefficient (Wildman–Crippen LogP) is 2.18. The highest BCUT2D eigenvalue weighted by molar-refractivity contribution is 5.41. The normalized spacial score (nSPS) is 12.5. The van der Waals surface area contributed by atoms with Crippen molar-refractivity contribution in [3.05, 3.63) is 39.4 Å². The monoisotopic (exact) mass is 194 g/mol. The Balaban J connectivity index is 3.20. The maximum Gasteiger partial charge on any atom is 0.269 e. The Morgan fingerprint density at radius 1 is 1.57 bits per heavy atom. The zero-order valence-electron chi connectivity index (χ0n) is 8.36. The lowest BCUT2D eigenvalue weighted by Crippen LogP contribution is -2.08. The number of nitro benzene ring substituents is 1. The molecule has 0 aliphatic heterocycles. The van der Waals surface area contributed by atoms with Gasteiger partial charge in [-0.1, -0.05) is 13.0 Å². The van der Waals surface area contributed by atoms with Crippen LogP contribution in [0.2, 0.25) is 0 Å². The first kappa shape index (κ1) is 10.7. The Labute approximate surface area is 82.9 Å². The van der Waals surface area contributed by atoms with Gasteiger partial charge in [0.2, 0.25) is 0 Å². The minimum absolute atomic E-state index is 0.106. The van der Waals surface area contributed by atoms with Crippen LogP contribution in [0.25, 0.3) is 0 Å². The molecule has 2 N–H and O–H groups in total. The molecule has 0 amide bonds. The van der Waals surface area contributed by atoms with E-state index in [-0.39, 0.29) is 11.7 Å². The first-order valence-electron chi connectivity index (χ1n) is 4.59. The van der Waals surface area contributed by atoms with Crippen LogP contribution in [0.15, 0.2) is 18.2 Å². The molecule has 1 atom stereocenters. The van der Waals surface area contributed by atoms with Crippen molar-refractivity contribution in [2.75, 3.05) is 0 Å². The van der Waals surface area contributed by atoms with E-state index in [9.17, 15) is 10.1 Å². The van der Waals surface area contributed by atoms with Crippen LogP contribution in [-0.2, 0) is 6.42 Å². The maximum atomic E-state index is 10.5. The molecule has 0 heterocycles. The zero-order chi connectivity index (χ0) is 10.7. The van der Waals surface area contributed by atoms with E-state index in [2.05, 4.69) is 0 Å². The summed E-state index contributed by atoms with van der Waals surface area (Å²) in [4.78, 5) is 10.1. The van der Waals surface area contributed by atoms with Crippen molar-refractivity contribution < 1.29 is 4.92 Å². The maximum absolute atomic E-state index is 10.5. The number of nitrogens with two attached hydrogens (primary N) is 1. The molecule has 1 unspecified atom stereocenters. The van der Waals surface area contributed by atoms with E-state index >= 15 is 0 Å². The van der Waals surface area contributed by atoms with Crippen molar-refractivity contribution in [3.8, 4) is 0 Å². The van der Waals surface area contributed by atoms with Gasteiger partial charge in [-0.3, -0.25) is 10.1 Å². The van der Waals surface area contributed by atoms with Crippen molar-refractivity contribution in [3.63, 3.8) is 0 Å². The first-order chi connectivity index (χ1) is 6.56. The molecule has 0 bridgehead atoms. The van der Waals surface area contributed by atoms with E-state index in [1.165, 1.54) is 6.07 Å². The predicted molar refractivity (Wildman–Crippen MR) is 55.1 cm³/mol. The zero-order valence-corrected chi connectivity index (χ0v) is 8.36. The molecule has 14 heavy (non-hydrogen) atoms. The third kappa shape index (κ3) is 2.09. The molecule has 0 saturated carbocycles. The van der Waals surface area contributed by atoms with Crippen LogP contribution in [0, 0.1) is 10.1 Å². The average molecular weight is 194 g/mol. The summed E-state index contributed by atoms with van der Waals surface area (Å²) in [6.45, 7) is 3.84. The lowest BCUT2D eigenvalue weighted by Gasteiger charge is -2.10. The molecule has 0 aliphatic carbocycles. The van der Waals surface area contributed by atoms with E-state index in [1.807, 2.05) is 13.8 Å². The number of aryl methyl sites for hydroxylation is 1. The third-order valence-electron chi connectivity index (χ3n) is 2.21. The molecule has 4 nitrogen and oxygen atoms in total. The Bertz CT molecular complexity index is 348. The molecule has 0 fully saturated rings. The summed E-state index contributed by atoms with van der Waals surface area (Å²) in [7, 11) is 0. The van der Waals surface area contributed by atoms with Gasteiger partial charge in [-0.2, -0.15) is 0 Å². The molecule has 0 aliphatic rings. The standard InChI is InChI=1S/C10H14N2O2/c1-3-8-4-5-9(12(13)14)6-10(8)7(2)11/h4-7H,3,11H2,1-2H3. The number of benzene rings is 1. The average Bonchev–Trinajstić information content (AvgIpc) is 2.16. The molecular weight excluding hydrogens is 180 g/mol. The molecule has 1 aromatic carbocycles. The summed E-state index contributed by atoms with van der Waals surface area (Å²) in [5, 5.41) is 10.5. The van der Waals surface area contributed by atoms with Gasteiger partial charge in [-0.15, -0.1) is 0 Å². The summed E-state index contributed by atoms with van der Waals surface area (Å²) in [5.41, 5.74) is 7.78. The Hall–Kier alpha value is -1.42. The Morgan fingerprint density at radius 3 is 2.64 bits per heavy atom. The van der Waals surface area contributed by atoms with Crippen molar-refractivity contribution in [2.45, 2.75) is 26.3 Å². The minimum Gasteiger partial charge on any atom is -0.324 e. The van der Waals surface area contributed by atoms with Crippen molar-refractivity contribution in [2.24, 2.45) is 5.73 Å². The van der Waals surface area contributed by atoms with Gasteiger partial charge in [0.15, 0.2) is 0 Å². The Kier molecular flexibility index (Phi) is 3.19. The summed E-state index contributed by atoms with van der Waals surface area (Å²) < 4.78 is 0. The fraction of sp³-hybridized carbons (Fsp3) is 0.400. The quantitative estimate of drug-likeness (QED) is 0.592. The first-order valence-corrected chi connectivity index (χ1v) is 4.59. The van der Waals surface area contributed by atoms with Crippen molar-refractivity contribution in [1.29, 1.82) is 0 Å². The molecule has 4 heteroatoms. The van der Waals surface area contributed by atoms with E-state index < -0.39 is 4.92 Å². The number of hydrogen-bond donors (Lipinski definition) is 1. The fourth-order valence-electron chi connectivity index (χ4n) is 1.44. The van der Waals surface area contributed by atoms with Gasteiger partial charge in [-0.05, 0) is 24.5 Å². The molecule has 0 saturated heterocycles. The third-order valence-corrected chi connectivity index (χ3v) is 2.21. The van der Waals surface area contributed by atoms with Gasteiger partial charge in [0.05, 0.1) is 4.92 Å². The van der Waals surface area contributed by atoms with E-state index in [0.29, 0.717) is 0 Å². The molecule has 1 aromatic rings. The largest absolute Gasteiger partial charge is 0.324 e. The van der Waals surface area contributed by atoms with Crippen LogP contribution in [-0.4, -0.2) is 4.92 Å². The van der Waals surface area contributed by atoms with Crippen molar-refractivity contribution >= 4 is 5.69 Å². The highest BCUT2D eigenvalue weighted by Gasteiger charge is 2.11. The molecule has 76 valence electrons. The fourth-order valence-corrected chi connectivity index (χ4v) is 1.44. The van der Waals surface area contributed by atoms with Gasteiger partial charge in [-0.25, -0.2) is 0 Å².